The van der Waals surface area contributed by atoms with E-state index in [1.54, 1.807) is 6.07 Å². The van der Waals surface area contributed by atoms with Gasteiger partial charge in [0, 0.05) is 47.1 Å². The summed E-state index contributed by atoms with van der Waals surface area (Å²) in [5.41, 5.74) is 3.02. The van der Waals surface area contributed by atoms with Crippen molar-refractivity contribution in [3.05, 3.63) is 40.0 Å². The summed E-state index contributed by atoms with van der Waals surface area (Å²) in [6, 6.07) is 3.63. The minimum absolute atomic E-state index is 0.0229. The molecule has 29 heavy (non-hydrogen) atoms. The van der Waals surface area contributed by atoms with Crippen LogP contribution in [-0.2, 0) is 16.0 Å². The molecular weight excluding hydrogens is 432 g/mol. The highest BCUT2D eigenvalue weighted by Gasteiger charge is 2.38. The predicted molar refractivity (Wildman–Crippen MR) is 118 cm³/mol. The minimum Gasteiger partial charge on any atom is -0.508 e. The first kappa shape index (κ1) is 22.0. The summed E-state index contributed by atoms with van der Waals surface area (Å²) < 4.78 is 1.00. The first-order valence-corrected chi connectivity index (χ1v) is 11.3. The number of hydrogen-bond acceptors (Lipinski definition) is 5. The smallest absolute Gasteiger partial charge is 0.123 e. The molecule has 1 fully saturated rings. The van der Waals surface area contributed by atoms with Gasteiger partial charge in [-0.3, -0.25) is 4.90 Å². The summed E-state index contributed by atoms with van der Waals surface area (Å²) in [4.78, 5) is 27.0. The van der Waals surface area contributed by atoms with Crippen LogP contribution in [0.15, 0.2) is 28.9 Å². The van der Waals surface area contributed by atoms with E-state index in [0.717, 1.165) is 85.5 Å². The normalized spacial score (nSPS) is 24.2. The summed E-state index contributed by atoms with van der Waals surface area (Å²) in [5.74, 6) is 0.460. The molecule has 1 aliphatic heterocycles. The topological polar surface area (TPSA) is 60.9 Å². The van der Waals surface area contributed by atoms with E-state index in [4.69, 9.17) is 0 Å². The Hall–Kier alpha value is -1.66. The molecule has 2 aliphatic rings. The van der Waals surface area contributed by atoms with Crippen molar-refractivity contribution >= 4 is 28.5 Å². The number of phenols is 1. The van der Waals surface area contributed by atoms with Gasteiger partial charge in [-0.05, 0) is 50.4 Å². The molecule has 1 saturated carbocycles. The Morgan fingerprint density at radius 3 is 2.83 bits per heavy atom. The number of nitrogens with zero attached hydrogens (tertiary/aromatic N) is 2. The Morgan fingerprint density at radius 2 is 2.10 bits per heavy atom. The number of benzene rings is 1. The Morgan fingerprint density at radius 1 is 1.34 bits per heavy atom. The maximum absolute atomic E-state index is 11.7. The number of carbonyl (C=O) groups excluding carboxylic acids is 2. The van der Waals surface area contributed by atoms with Gasteiger partial charge >= 0.3 is 0 Å². The number of rotatable bonds is 8. The van der Waals surface area contributed by atoms with Gasteiger partial charge in [0.2, 0.25) is 0 Å². The van der Waals surface area contributed by atoms with Crippen LogP contribution in [0.25, 0.3) is 0 Å². The maximum atomic E-state index is 11.7. The molecular formula is C23H31BrN2O3. The van der Waals surface area contributed by atoms with E-state index in [1.807, 2.05) is 13.1 Å². The molecule has 0 saturated heterocycles. The third kappa shape index (κ3) is 4.58. The summed E-state index contributed by atoms with van der Waals surface area (Å²) in [5, 5.41) is 10.8. The van der Waals surface area contributed by atoms with Crippen molar-refractivity contribution in [1.29, 1.82) is 0 Å². The fourth-order valence-electron chi connectivity index (χ4n) is 4.93. The number of aromatic hydroxyl groups is 1. The molecule has 158 valence electrons. The van der Waals surface area contributed by atoms with E-state index in [1.165, 1.54) is 0 Å². The van der Waals surface area contributed by atoms with Crippen molar-refractivity contribution < 1.29 is 14.7 Å². The molecule has 3 unspecified atom stereocenters. The molecule has 0 amide bonds. The number of aldehydes is 2. The Bertz CT molecular complexity index is 767. The zero-order valence-corrected chi connectivity index (χ0v) is 18.7. The molecule has 0 spiro atoms. The molecule has 0 bridgehead atoms. The highest BCUT2D eigenvalue weighted by Crippen LogP contribution is 2.45. The van der Waals surface area contributed by atoms with Crippen molar-refractivity contribution in [3.8, 4) is 5.75 Å². The zero-order valence-electron chi connectivity index (χ0n) is 17.1. The van der Waals surface area contributed by atoms with Crippen LogP contribution in [0, 0.1) is 11.8 Å². The van der Waals surface area contributed by atoms with Gasteiger partial charge in [0.1, 0.15) is 24.5 Å². The Labute approximate surface area is 181 Å². The van der Waals surface area contributed by atoms with Gasteiger partial charge in [-0.1, -0.05) is 35.4 Å². The minimum atomic E-state index is -0.162. The summed E-state index contributed by atoms with van der Waals surface area (Å²) >= 11 is 3.65. The van der Waals surface area contributed by atoms with Gasteiger partial charge in [0.25, 0.3) is 0 Å². The molecule has 1 heterocycles. The van der Waals surface area contributed by atoms with Crippen LogP contribution in [0.3, 0.4) is 0 Å². The number of halogens is 1. The van der Waals surface area contributed by atoms with Gasteiger partial charge in [-0.15, -0.1) is 0 Å². The average Bonchev–Trinajstić information content (AvgIpc) is 2.75. The number of hydrogen-bond donors (Lipinski definition) is 1. The SMILES string of the molecule is C=C(C1CCCCC1C=O)N1CCc2c(Br)ccc(O)c2C1N(C)CCCC=O. The molecule has 6 heteroatoms. The van der Waals surface area contributed by atoms with Gasteiger partial charge < -0.3 is 19.6 Å². The quantitative estimate of drug-likeness (QED) is 0.456. The van der Waals surface area contributed by atoms with E-state index in [9.17, 15) is 14.7 Å². The van der Waals surface area contributed by atoms with Gasteiger partial charge in [-0.2, -0.15) is 0 Å². The number of carbonyl (C=O) groups is 2. The number of fused-ring (bicyclic) bond motifs is 1. The van der Waals surface area contributed by atoms with Crippen LogP contribution in [0.2, 0.25) is 0 Å². The molecule has 0 aromatic heterocycles. The van der Waals surface area contributed by atoms with Crippen molar-refractivity contribution in [2.45, 2.75) is 51.1 Å². The van der Waals surface area contributed by atoms with Crippen LogP contribution in [0.5, 0.6) is 5.75 Å². The summed E-state index contributed by atoms with van der Waals surface area (Å²) in [6.45, 7) is 5.97. The van der Waals surface area contributed by atoms with E-state index < -0.39 is 0 Å². The second-order valence-electron chi connectivity index (χ2n) is 8.25. The van der Waals surface area contributed by atoms with Crippen molar-refractivity contribution in [2.75, 3.05) is 20.1 Å². The van der Waals surface area contributed by atoms with E-state index >= 15 is 0 Å². The lowest BCUT2D eigenvalue weighted by molar-refractivity contribution is -0.113. The fraction of sp³-hybridized carbons (Fsp3) is 0.565. The largest absolute Gasteiger partial charge is 0.508 e. The summed E-state index contributed by atoms with van der Waals surface area (Å²) in [6.07, 6.45) is 8.10. The highest BCUT2D eigenvalue weighted by atomic mass is 79.9. The Kier molecular flexibility index (Phi) is 7.52. The first-order valence-electron chi connectivity index (χ1n) is 10.5. The third-order valence-electron chi connectivity index (χ3n) is 6.47. The Balaban J connectivity index is 1.96. The van der Waals surface area contributed by atoms with Gasteiger partial charge in [0.15, 0.2) is 0 Å². The number of phenolic OH excluding ortho intramolecular Hbond substituents is 1. The zero-order chi connectivity index (χ0) is 21.0. The second-order valence-corrected chi connectivity index (χ2v) is 9.10. The molecule has 3 atom stereocenters. The van der Waals surface area contributed by atoms with Crippen LogP contribution in [0.1, 0.15) is 55.8 Å². The second kappa shape index (κ2) is 9.90. The lowest BCUT2D eigenvalue weighted by Gasteiger charge is -2.47. The van der Waals surface area contributed by atoms with E-state index in [2.05, 4.69) is 32.3 Å². The summed E-state index contributed by atoms with van der Waals surface area (Å²) in [7, 11) is 2.03. The van der Waals surface area contributed by atoms with Crippen LogP contribution in [0.4, 0.5) is 0 Å². The van der Waals surface area contributed by atoms with Gasteiger partial charge in [-0.25, -0.2) is 0 Å². The van der Waals surface area contributed by atoms with Crippen molar-refractivity contribution in [2.24, 2.45) is 11.8 Å². The standard InChI is InChI=1S/C23H31BrN2O3/c1-16(18-8-4-3-7-17(18)15-28)26-13-11-19-20(24)9-10-21(29)22(19)23(26)25(2)12-5-6-14-27/h9-10,14-15,17-18,23,29H,1,3-8,11-13H2,2H3. The van der Waals surface area contributed by atoms with E-state index in [0.29, 0.717) is 6.42 Å². The molecule has 1 aromatic rings. The van der Waals surface area contributed by atoms with E-state index in [-0.39, 0.29) is 23.8 Å². The average molecular weight is 463 g/mol. The monoisotopic (exact) mass is 462 g/mol. The molecule has 5 nitrogen and oxygen atoms in total. The highest BCUT2D eigenvalue weighted by molar-refractivity contribution is 9.10. The lowest BCUT2D eigenvalue weighted by atomic mass is 9.77. The fourth-order valence-corrected chi connectivity index (χ4v) is 5.48. The van der Waals surface area contributed by atoms with Crippen molar-refractivity contribution in [1.82, 2.24) is 9.80 Å². The molecule has 1 aromatic carbocycles. The van der Waals surface area contributed by atoms with Crippen LogP contribution >= 0.6 is 15.9 Å². The maximum Gasteiger partial charge on any atom is 0.123 e. The molecule has 3 rings (SSSR count). The molecule has 0 radical (unpaired) electrons. The predicted octanol–water partition coefficient (Wildman–Crippen LogP) is 4.44. The first-order chi connectivity index (χ1) is 14.0. The number of unbranched alkanes of at least 4 members (excludes halogenated alkanes) is 1. The molecule has 1 aliphatic carbocycles. The molecule has 1 N–H and O–H groups in total. The van der Waals surface area contributed by atoms with Crippen LogP contribution < -0.4 is 0 Å². The van der Waals surface area contributed by atoms with Crippen molar-refractivity contribution in [3.63, 3.8) is 0 Å². The third-order valence-corrected chi connectivity index (χ3v) is 7.22. The lowest BCUT2D eigenvalue weighted by Crippen LogP contribution is -2.46. The number of allylic oxidation sites excluding steroid dienone is 1. The van der Waals surface area contributed by atoms with Gasteiger partial charge in [0.05, 0.1) is 0 Å². The van der Waals surface area contributed by atoms with Crippen LogP contribution in [-0.4, -0.2) is 47.6 Å².